The van der Waals surface area contributed by atoms with Crippen molar-refractivity contribution in [3.63, 3.8) is 0 Å². The summed E-state index contributed by atoms with van der Waals surface area (Å²) in [5.41, 5.74) is 7.53. The molecule has 2 unspecified atom stereocenters. The third-order valence-corrected chi connectivity index (χ3v) is 9.38. The lowest BCUT2D eigenvalue weighted by atomic mass is 10.0. The maximum absolute atomic E-state index is 14.5. The second-order valence-corrected chi connectivity index (χ2v) is 12.1. The Hall–Kier alpha value is -2.79. The van der Waals surface area contributed by atoms with E-state index in [1.54, 1.807) is 10.7 Å². The molecule has 2 aromatic heterocycles. The molecule has 0 amide bonds. The van der Waals surface area contributed by atoms with Crippen LogP contribution in [-0.4, -0.2) is 64.5 Å². The molecule has 3 aliphatic heterocycles. The number of thiazole rings is 1. The van der Waals surface area contributed by atoms with Gasteiger partial charge in [-0.1, -0.05) is 22.9 Å². The van der Waals surface area contributed by atoms with Gasteiger partial charge in [0.25, 0.3) is 5.56 Å². The van der Waals surface area contributed by atoms with Crippen LogP contribution in [0.4, 0.5) is 15.3 Å². The molecule has 2 atom stereocenters. The number of nitrogens with two attached hydrogens (primary N) is 1. The first kappa shape index (κ1) is 24.3. The fraction of sp³-hybridized carbons (Fsp3) is 0.444. The molecule has 198 valence electrons. The number of likely N-dealkylation sites (tertiary alicyclic amines) is 1. The third kappa shape index (κ3) is 4.14. The Morgan fingerprint density at radius 2 is 1.84 bits per heavy atom. The van der Waals surface area contributed by atoms with Gasteiger partial charge in [-0.25, -0.2) is 14.1 Å². The first-order chi connectivity index (χ1) is 18.4. The maximum atomic E-state index is 14.5. The van der Waals surface area contributed by atoms with Crippen LogP contribution in [0.15, 0.2) is 29.1 Å². The normalized spacial score (nSPS) is 21.8. The smallest absolute Gasteiger partial charge is 0.274 e. The molecule has 11 heteroatoms. The van der Waals surface area contributed by atoms with Crippen LogP contribution in [0.3, 0.4) is 0 Å². The van der Waals surface area contributed by atoms with Crippen LogP contribution in [0.2, 0.25) is 5.02 Å². The molecule has 3 aliphatic rings. The van der Waals surface area contributed by atoms with Crippen molar-refractivity contribution in [2.75, 3.05) is 43.4 Å². The van der Waals surface area contributed by atoms with E-state index in [1.165, 1.54) is 18.9 Å². The number of piperazine rings is 1. The van der Waals surface area contributed by atoms with Gasteiger partial charge in [-0.15, -0.1) is 0 Å². The van der Waals surface area contributed by atoms with Gasteiger partial charge in [0, 0.05) is 53.3 Å². The molecule has 0 saturated carbocycles. The summed E-state index contributed by atoms with van der Waals surface area (Å²) < 4.78 is 16.5. The predicted octanol–water partition coefficient (Wildman–Crippen LogP) is 4.08. The minimum atomic E-state index is -0.376. The summed E-state index contributed by atoms with van der Waals surface area (Å²) in [6, 6.07) is 7.58. The fourth-order valence-corrected chi connectivity index (χ4v) is 7.33. The van der Waals surface area contributed by atoms with E-state index in [9.17, 15) is 9.18 Å². The van der Waals surface area contributed by atoms with Crippen molar-refractivity contribution in [3.8, 4) is 11.1 Å². The molecule has 0 aliphatic carbocycles. The van der Waals surface area contributed by atoms with Crippen molar-refractivity contribution in [3.05, 3.63) is 45.5 Å². The van der Waals surface area contributed by atoms with Crippen molar-refractivity contribution in [1.29, 1.82) is 0 Å². The number of nitrogen functional groups attached to an aromatic ring is 1. The molecule has 2 bridgehead atoms. The zero-order valence-corrected chi connectivity index (χ0v) is 22.5. The van der Waals surface area contributed by atoms with E-state index < -0.39 is 0 Å². The molecule has 3 saturated heterocycles. The van der Waals surface area contributed by atoms with Gasteiger partial charge < -0.3 is 20.9 Å². The molecule has 0 spiro atoms. The Morgan fingerprint density at radius 3 is 2.61 bits per heavy atom. The second-order valence-electron chi connectivity index (χ2n) is 10.6. The van der Waals surface area contributed by atoms with Crippen LogP contribution in [0.25, 0.3) is 32.1 Å². The predicted molar refractivity (Wildman–Crippen MR) is 152 cm³/mol. The minimum Gasteiger partial charge on any atom is -0.375 e. The van der Waals surface area contributed by atoms with Gasteiger partial charge in [0.15, 0.2) is 10.9 Å². The Bertz CT molecular complexity index is 1600. The lowest BCUT2D eigenvalue weighted by molar-refractivity contribution is 0.312. The first-order valence-corrected chi connectivity index (χ1v) is 14.5. The van der Waals surface area contributed by atoms with Crippen LogP contribution >= 0.6 is 22.9 Å². The molecule has 3 fully saturated rings. The summed E-state index contributed by atoms with van der Waals surface area (Å²) in [4.78, 5) is 22.9. The average molecular weight is 554 g/mol. The molecular formula is C27H29ClFN7OS. The highest BCUT2D eigenvalue weighted by molar-refractivity contribution is 7.22. The molecule has 2 aromatic carbocycles. The number of hydrogen-bond acceptors (Lipinski definition) is 8. The van der Waals surface area contributed by atoms with Crippen LogP contribution < -0.4 is 21.5 Å². The van der Waals surface area contributed by atoms with Gasteiger partial charge in [-0.2, -0.15) is 5.10 Å². The zero-order chi connectivity index (χ0) is 26.0. The minimum absolute atomic E-state index is 0.143. The van der Waals surface area contributed by atoms with Crippen LogP contribution in [-0.2, 0) is 6.54 Å². The van der Waals surface area contributed by atoms with Crippen molar-refractivity contribution in [2.45, 2.75) is 44.3 Å². The van der Waals surface area contributed by atoms with E-state index in [0.717, 1.165) is 68.1 Å². The first-order valence-electron chi connectivity index (χ1n) is 13.3. The number of aromatic nitrogens is 3. The molecule has 0 radical (unpaired) electrons. The van der Waals surface area contributed by atoms with Gasteiger partial charge in [0.2, 0.25) is 0 Å². The molecule has 5 heterocycles. The topological polar surface area (TPSA) is 92.3 Å². The van der Waals surface area contributed by atoms with Gasteiger partial charge in [-0.3, -0.25) is 4.79 Å². The standard InChI is InChI=1S/C27H29ClFN7OS/c28-21-12-19-20(11-18(21)17-5-6-22(29)24-23(17)32-27(30)38-24)26(37)36(10-9-34-7-1-2-8-34)33-25(19)35-13-15-3-4-16(14-35)31-15/h5-6,11-12,15-16,31H,1-4,7-10,13-14H2,(H2,30,32). The lowest BCUT2D eigenvalue weighted by Crippen LogP contribution is -2.51. The van der Waals surface area contributed by atoms with E-state index in [0.29, 0.717) is 50.4 Å². The van der Waals surface area contributed by atoms with Crippen LogP contribution in [0, 0.1) is 5.82 Å². The van der Waals surface area contributed by atoms with Gasteiger partial charge in [0.1, 0.15) is 5.82 Å². The molecule has 8 nitrogen and oxygen atoms in total. The summed E-state index contributed by atoms with van der Waals surface area (Å²) >= 11 is 7.99. The van der Waals surface area contributed by atoms with E-state index >= 15 is 0 Å². The lowest BCUT2D eigenvalue weighted by Gasteiger charge is -2.34. The fourth-order valence-electron chi connectivity index (χ4n) is 6.30. The summed E-state index contributed by atoms with van der Waals surface area (Å²) in [5, 5.41) is 10.7. The maximum Gasteiger partial charge on any atom is 0.274 e. The molecule has 7 rings (SSSR count). The number of rotatable bonds is 5. The van der Waals surface area contributed by atoms with Crippen LogP contribution in [0.5, 0.6) is 0 Å². The largest absolute Gasteiger partial charge is 0.375 e. The Kier molecular flexibility index (Phi) is 6.03. The number of benzene rings is 2. The van der Waals surface area contributed by atoms with Crippen molar-refractivity contribution >= 4 is 54.9 Å². The summed E-state index contributed by atoms with van der Waals surface area (Å²) in [7, 11) is 0. The highest BCUT2D eigenvalue weighted by Crippen LogP contribution is 2.40. The number of nitrogens with one attached hydrogen (secondary N) is 1. The van der Waals surface area contributed by atoms with Crippen molar-refractivity contribution < 1.29 is 4.39 Å². The van der Waals surface area contributed by atoms with Crippen LogP contribution in [0.1, 0.15) is 25.7 Å². The molecule has 38 heavy (non-hydrogen) atoms. The highest BCUT2D eigenvalue weighted by Gasteiger charge is 2.34. The Balaban J connectivity index is 1.39. The van der Waals surface area contributed by atoms with E-state index in [2.05, 4.69) is 20.1 Å². The molecular weight excluding hydrogens is 525 g/mol. The zero-order valence-electron chi connectivity index (χ0n) is 20.9. The summed E-state index contributed by atoms with van der Waals surface area (Å²) in [5.74, 6) is 0.425. The van der Waals surface area contributed by atoms with E-state index in [-0.39, 0.29) is 16.5 Å². The monoisotopic (exact) mass is 553 g/mol. The Morgan fingerprint density at radius 1 is 1.08 bits per heavy atom. The van der Waals surface area contributed by atoms with Gasteiger partial charge >= 0.3 is 0 Å². The van der Waals surface area contributed by atoms with Crippen molar-refractivity contribution in [1.82, 2.24) is 25.0 Å². The molecule has 3 N–H and O–H groups in total. The quantitative estimate of drug-likeness (QED) is 0.385. The highest BCUT2D eigenvalue weighted by atomic mass is 35.5. The van der Waals surface area contributed by atoms with Crippen molar-refractivity contribution in [2.24, 2.45) is 0 Å². The molecule has 4 aromatic rings. The number of hydrogen-bond donors (Lipinski definition) is 2. The number of halogens is 2. The SMILES string of the molecule is Nc1nc2c(-c3cc4c(=O)n(CCN5CCCC5)nc(N5CC6CCC(C5)N6)c4cc3Cl)ccc(F)c2s1. The summed E-state index contributed by atoms with van der Waals surface area (Å²) in [6.07, 6.45) is 4.69. The van der Waals surface area contributed by atoms with E-state index in [4.69, 9.17) is 22.4 Å². The summed E-state index contributed by atoms with van der Waals surface area (Å²) in [6.45, 7) is 5.14. The third-order valence-electron chi connectivity index (χ3n) is 8.17. The second kappa shape index (κ2) is 9.44. The van der Waals surface area contributed by atoms with E-state index in [1.807, 2.05) is 12.1 Å². The van der Waals surface area contributed by atoms with Gasteiger partial charge in [-0.05, 0) is 63.0 Å². The number of anilines is 2. The number of fused-ring (bicyclic) bond motifs is 4. The van der Waals surface area contributed by atoms with Gasteiger partial charge in [0.05, 0.1) is 22.1 Å². The number of nitrogens with zero attached hydrogens (tertiary/aromatic N) is 5. The average Bonchev–Trinajstić information content (AvgIpc) is 3.64. The Labute approximate surface area is 228 Å².